The van der Waals surface area contributed by atoms with Gasteiger partial charge in [-0.1, -0.05) is 6.92 Å². The van der Waals surface area contributed by atoms with Crippen molar-refractivity contribution >= 4 is 0 Å². The molecule has 0 radical (unpaired) electrons. The number of methoxy groups -OCH3 is 1. The molecule has 0 fully saturated rings. The van der Waals surface area contributed by atoms with Gasteiger partial charge in [0.2, 0.25) is 0 Å². The predicted octanol–water partition coefficient (Wildman–Crippen LogP) is 2.19. The lowest BCUT2D eigenvalue weighted by Crippen LogP contribution is -1.95. The Morgan fingerprint density at radius 1 is 1.38 bits per heavy atom. The van der Waals surface area contributed by atoms with Crippen LogP contribution in [0.25, 0.3) is 0 Å². The van der Waals surface area contributed by atoms with Gasteiger partial charge in [-0.25, -0.2) is 0 Å². The fourth-order valence-corrected chi connectivity index (χ4v) is 0.958. The Morgan fingerprint density at radius 2 is 2.15 bits per heavy atom. The summed E-state index contributed by atoms with van der Waals surface area (Å²) in [6.45, 7) is 2.63. The number of hydrogen-bond donors (Lipinski definition) is 1. The third-order valence-electron chi connectivity index (χ3n) is 1.63. The minimum Gasteiger partial charge on any atom is -0.504 e. The van der Waals surface area contributed by atoms with Crippen LogP contribution in [-0.4, -0.2) is 18.8 Å². The molecule has 0 spiro atoms. The number of benzene rings is 1. The SMILES string of the molecule is CCCOc1ccc(OC)cc1O. The highest BCUT2D eigenvalue weighted by Gasteiger charge is 2.02. The number of hydrogen-bond acceptors (Lipinski definition) is 3. The molecule has 1 aromatic carbocycles. The van der Waals surface area contributed by atoms with E-state index in [1.807, 2.05) is 6.92 Å². The third kappa shape index (κ3) is 2.54. The van der Waals surface area contributed by atoms with Crippen LogP contribution >= 0.6 is 0 Å². The van der Waals surface area contributed by atoms with E-state index in [1.165, 1.54) is 6.07 Å². The lowest BCUT2D eigenvalue weighted by atomic mass is 10.3. The summed E-state index contributed by atoms with van der Waals surface area (Å²) < 4.78 is 10.2. The first kappa shape index (κ1) is 9.71. The van der Waals surface area contributed by atoms with Crippen LogP contribution in [0.2, 0.25) is 0 Å². The van der Waals surface area contributed by atoms with Gasteiger partial charge in [0.1, 0.15) is 5.75 Å². The maximum absolute atomic E-state index is 9.44. The van der Waals surface area contributed by atoms with Crippen LogP contribution in [0.3, 0.4) is 0 Å². The number of phenolic OH excluding ortho intramolecular Hbond substituents is 1. The molecule has 3 nitrogen and oxygen atoms in total. The van der Waals surface area contributed by atoms with Crippen molar-refractivity contribution < 1.29 is 14.6 Å². The molecule has 0 atom stereocenters. The van der Waals surface area contributed by atoms with Crippen molar-refractivity contribution in [2.24, 2.45) is 0 Å². The first-order valence-electron chi connectivity index (χ1n) is 4.27. The number of rotatable bonds is 4. The predicted molar refractivity (Wildman–Crippen MR) is 50.4 cm³/mol. The molecular formula is C10H14O3. The van der Waals surface area contributed by atoms with Gasteiger partial charge in [-0.2, -0.15) is 0 Å². The van der Waals surface area contributed by atoms with Crippen LogP contribution in [-0.2, 0) is 0 Å². The second-order valence-electron chi connectivity index (χ2n) is 2.68. The Labute approximate surface area is 77.9 Å². The lowest BCUT2D eigenvalue weighted by Gasteiger charge is -2.07. The minimum atomic E-state index is 0.118. The Morgan fingerprint density at radius 3 is 2.69 bits per heavy atom. The molecule has 72 valence electrons. The van der Waals surface area contributed by atoms with Crippen LogP contribution in [0, 0.1) is 0 Å². The largest absolute Gasteiger partial charge is 0.504 e. The molecule has 0 heterocycles. The zero-order valence-electron chi connectivity index (χ0n) is 7.91. The van der Waals surface area contributed by atoms with E-state index in [0.29, 0.717) is 18.1 Å². The lowest BCUT2D eigenvalue weighted by molar-refractivity contribution is 0.298. The van der Waals surface area contributed by atoms with Crippen LogP contribution in [0.4, 0.5) is 0 Å². The first-order valence-corrected chi connectivity index (χ1v) is 4.27. The number of ether oxygens (including phenoxy) is 2. The highest BCUT2D eigenvalue weighted by Crippen LogP contribution is 2.29. The molecule has 0 saturated carbocycles. The van der Waals surface area contributed by atoms with Crippen molar-refractivity contribution in [3.8, 4) is 17.2 Å². The Kier molecular flexibility index (Phi) is 3.43. The van der Waals surface area contributed by atoms with Gasteiger partial charge in [-0.3, -0.25) is 0 Å². The van der Waals surface area contributed by atoms with Crippen molar-refractivity contribution in [1.82, 2.24) is 0 Å². The van der Waals surface area contributed by atoms with E-state index in [4.69, 9.17) is 9.47 Å². The molecule has 0 aromatic heterocycles. The molecule has 0 aliphatic heterocycles. The molecule has 1 aromatic rings. The zero-order chi connectivity index (χ0) is 9.68. The Bertz CT molecular complexity index is 271. The van der Waals surface area contributed by atoms with E-state index < -0.39 is 0 Å². The van der Waals surface area contributed by atoms with Crippen molar-refractivity contribution in [2.75, 3.05) is 13.7 Å². The van der Waals surface area contributed by atoms with Crippen LogP contribution in [0.5, 0.6) is 17.2 Å². The summed E-state index contributed by atoms with van der Waals surface area (Å²) in [7, 11) is 1.56. The van der Waals surface area contributed by atoms with Crippen LogP contribution in [0.15, 0.2) is 18.2 Å². The molecule has 0 amide bonds. The van der Waals surface area contributed by atoms with Crippen LogP contribution < -0.4 is 9.47 Å². The van der Waals surface area contributed by atoms with Crippen molar-refractivity contribution in [2.45, 2.75) is 13.3 Å². The molecule has 13 heavy (non-hydrogen) atoms. The topological polar surface area (TPSA) is 38.7 Å². The van der Waals surface area contributed by atoms with Gasteiger partial charge < -0.3 is 14.6 Å². The molecular weight excluding hydrogens is 168 g/mol. The average molecular weight is 182 g/mol. The summed E-state index contributed by atoms with van der Waals surface area (Å²) in [6, 6.07) is 4.99. The summed E-state index contributed by atoms with van der Waals surface area (Å²) in [5.74, 6) is 1.25. The van der Waals surface area contributed by atoms with Crippen molar-refractivity contribution in [3.63, 3.8) is 0 Å². The second kappa shape index (κ2) is 4.60. The van der Waals surface area contributed by atoms with E-state index in [2.05, 4.69) is 0 Å². The number of aromatic hydroxyl groups is 1. The molecule has 1 N–H and O–H groups in total. The molecule has 3 heteroatoms. The van der Waals surface area contributed by atoms with Crippen LogP contribution in [0.1, 0.15) is 13.3 Å². The quantitative estimate of drug-likeness (QED) is 0.775. The van der Waals surface area contributed by atoms with Crippen molar-refractivity contribution in [3.05, 3.63) is 18.2 Å². The second-order valence-corrected chi connectivity index (χ2v) is 2.68. The van der Waals surface area contributed by atoms with Crippen molar-refractivity contribution in [1.29, 1.82) is 0 Å². The summed E-state index contributed by atoms with van der Waals surface area (Å²) in [6.07, 6.45) is 0.922. The third-order valence-corrected chi connectivity index (χ3v) is 1.63. The Hall–Kier alpha value is -1.38. The van der Waals surface area contributed by atoms with E-state index in [9.17, 15) is 5.11 Å². The summed E-state index contributed by atoms with van der Waals surface area (Å²) >= 11 is 0. The molecule has 1 rings (SSSR count). The molecule has 0 bridgehead atoms. The van der Waals surface area contributed by atoms with E-state index >= 15 is 0 Å². The van der Waals surface area contributed by atoms with Gasteiger partial charge in [-0.15, -0.1) is 0 Å². The van der Waals surface area contributed by atoms with Gasteiger partial charge in [0.05, 0.1) is 13.7 Å². The highest BCUT2D eigenvalue weighted by molar-refractivity contribution is 5.44. The molecule has 0 aliphatic carbocycles. The highest BCUT2D eigenvalue weighted by atomic mass is 16.5. The number of phenols is 1. The van der Waals surface area contributed by atoms with Gasteiger partial charge in [0, 0.05) is 6.07 Å². The Balaban J connectivity index is 2.73. The molecule has 0 aliphatic rings. The fraction of sp³-hybridized carbons (Fsp3) is 0.400. The standard InChI is InChI=1S/C10H14O3/c1-3-6-13-10-5-4-8(12-2)7-9(10)11/h4-5,7,11H,3,6H2,1-2H3. The average Bonchev–Trinajstić information content (AvgIpc) is 2.16. The van der Waals surface area contributed by atoms with Gasteiger partial charge in [0.15, 0.2) is 11.5 Å². The summed E-state index contributed by atoms with van der Waals surface area (Å²) in [5.41, 5.74) is 0. The van der Waals surface area contributed by atoms with Gasteiger partial charge >= 0.3 is 0 Å². The maximum atomic E-state index is 9.44. The first-order chi connectivity index (χ1) is 6.27. The van der Waals surface area contributed by atoms with E-state index in [-0.39, 0.29) is 5.75 Å². The van der Waals surface area contributed by atoms with Gasteiger partial charge in [-0.05, 0) is 18.6 Å². The minimum absolute atomic E-state index is 0.118. The summed E-state index contributed by atoms with van der Waals surface area (Å²) in [4.78, 5) is 0. The molecule has 0 saturated heterocycles. The smallest absolute Gasteiger partial charge is 0.161 e. The fourth-order valence-electron chi connectivity index (χ4n) is 0.958. The molecule has 0 unspecified atom stereocenters. The normalized spacial score (nSPS) is 9.69. The zero-order valence-corrected chi connectivity index (χ0v) is 7.91. The summed E-state index contributed by atoms with van der Waals surface area (Å²) in [5, 5.41) is 9.44. The van der Waals surface area contributed by atoms with Gasteiger partial charge in [0.25, 0.3) is 0 Å². The monoisotopic (exact) mass is 182 g/mol. The van der Waals surface area contributed by atoms with E-state index in [1.54, 1.807) is 19.2 Å². The maximum Gasteiger partial charge on any atom is 0.161 e. The van der Waals surface area contributed by atoms with E-state index in [0.717, 1.165) is 6.42 Å².